The summed E-state index contributed by atoms with van der Waals surface area (Å²) < 4.78 is 28.5. The Kier molecular flexibility index (Phi) is 10.8. The zero-order valence-electron chi connectivity index (χ0n) is 23.1. The number of anilines is 1. The number of sulfonamides is 1. The van der Waals surface area contributed by atoms with E-state index in [0.717, 1.165) is 10.4 Å². The molecule has 0 unspecified atom stereocenters. The fourth-order valence-corrected chi connectivity index (χ4v) is 5.80. The summed E-state index contributed by atoms with van der Waals surface area (Å²) in [4.78, 5) is 39.4. The van der Waals surface area contributed by atoms with Crippen molar-refractivity contribution in [2.45, 2.75) is 57.1 Å². The van der Waals surface area contributed by atoms with Crippen molar-refractivity contribution in [1.29, 1.82) is 0 Å². The first-order valence-corrected chi connectivity index (χ1v) is 15.0. The Morgan fingerprint density at radius 3 is 2.24 bits per heavy atom. The summed E-state index contributed by atoms with van der Waals surface area (Å²) in [6.07, 6.45) is 0.928. The van der Waals surface area contributed by atoms with E-state index in [1.165, 1.54) is 47.4 Å². The molecule has 0 aromatic heterocycles. The molecule has 218 valence electrons. The van der Waals surface area contributed by atoms with Gasteiger partial charge in [0.2, 0.25) is 11.8 Å². The van der Waals surface area contributed by atoms with Crippen molar-refractivity contribution in [2.75, 3.05) is 10.8 Å². The minimum absolute atomic E-state index is 0.0564. The maximum absolute atomic E-state index is 14.1. The number of benzene rings is 3. The molecule has 0 aliphatic carbocycles. The third kappa shape index (κ3) is 7.83. The molecular weight excluding hydrogens is 568 g/mol. The fraction of sp³-hybridized carbons (Fsp3) is 0.310. The standard InChI is InChI=1S/C29H33ClN4O6S/c1-4-21(3)31-29(36)27(5-2)32(19-22-12-9-10-17-26(22)30)28(35)20-33(23-13-11-14-24(18-23)34(37)38)41(39,40)25-15-7-6-8-16-25/h6-18,21,27H,4-5,19-20H2,1-3H3,(H,31,36)/t21-,27-/m1/s1. The van der Waals surface area contributed by atoms with Crippen molar-refractivity contribution in [1.82, 2.24) is 10.2 Å². The number of nitrogens with zero attached hydrogens (tertiary/aromatic N) is 3. The van der Waals surface area contributed by atoms with Gasteiger partial charge < -0.3 is 10.2 Å². The molecule has 0 bridgehead atoms. The van der Waals surface area contributed by atoms with E-state index >= 15 is 0 Å². The third-order valence-corrected chi connectivity index (χ3v) is 8.78. The van der Waals surface area contributed by atoms with Crippen molar-refractivity contribution >= 4 is 44.8 Å². The average molecular weight is 601 g/mol. The molecule has 2 amide bonds. The molecule has 0 aliphatic heterocycles. The first-order valence-electron chi connectivity index (χ1n) is 13.1. The van der Waals surface area contributed by atoms with Crippen LogP contribution in [-0.2, 0) is 26.2 Å². The summed E-state index contributed by atoms with van der Waals surface area (Å²) >= 11 is 6.40. The summed E-state index contributed by atoms with van der Waals surface area (Å²) in [7, 11) is -4.35. The highest BCUT2D eigenvalue weighted by atomic mass is 35.5. The Morgan fingerprint density at radius 1 is 0.976 bits per heavy atom. The van der Waals surface area contributed by atoms with E-state index in [0.29, 0.717) is 17.0 Å². The number of rotatable bonds is 13. The van der Waals surface area contributed by atoms with Crippen molar-refractivity contribution < 1.29 is 22.9 Å². The molecule has 1 N–H and O–H groups in total. The number of non-ortho nitro benzene ring substituents is 1. The molecule has 0 radical (unpaired) electrons. The van der Waals surface area contributed by atoms with Gasteiger partial charge >= 0.3 is 0 Å². The van der Waals surface area contributed by atoms with Gasteiger partial charge in [0.25, 0.3) is 15.7 Å². The Morgan fingerprint density at radius 2 is 1.63 bits per heavy atom. The van der Waals surface area contributed by atoms with Crippen LogP contribution < -0.4 is 9.62 Å². The third-order valence-electron chi connectivity index (χ3n) is 6.62. The van der Waals surface area contributed by atoms with Gasteiger partial charge in [0.15, 0.2) is 0 Å². The molecule has 10 nitrogen and oxygen atoms in total. The molecule has 3 rings (SSSR count). The van der Waals surface area contributed by atoms with Gasteiger partial charge in [-0.05, 0) is 49.6 Å². The molecule has 3 aromatic rings. The van der Waals surface area contributed by atoms with Crippen LogP contribution in [0.4, 0.5) is 11.4 Å². The highest BCUT2D eigenvalue weighted by Gasteiger charge is 2.34. The molecule has 0 saturated heterocycles. The summed E-state index contributed by atoms with van der Waals surface area (Å²) in [5.41, 5.74) is 0.173. The molecule has 0 fully saturated rings. The second-order valence-electron chi connectivity index (χ2n) is 9.46. The Labute approximate surface area is 245 Å². The summed E-state index contributed by atoms with van der Waals surface area (Å²) in [6.45, 7) is 4.76. The SMILES string of the molecule is CC[C@@H](C)NC(=O)[C@@H](CC)N(Cc1ccccc1Cl)C(=O)CN(c1cccc([N+](=O)[O-])c1)S(=O)(=O)c1ccccc1. The number of halogens is 1. The lowest BCUT2D eigenvalue weighted by Gasteiger charge is -2.33. The van der Waals surface area contributed by atoms with Gasteiger partial charge in [0, 0.05) is 29.7 Å². The van der Waals surface area contributed by atoms with E-state index in [9.17, 15) is 28.1 Å². The Hall–Kier alpha value is -3.96. The predicted molar refractivity (Wildman–Crippen MR) is 158 cm³/mol. The molecule has 3 aromatic carbocycles. The average Bonchev–Trinajstić information content (AvgIpc) is 2.96. The van der Waals surface area contributed by atoms with Gasteiger partial charge in [0.1, 0.15) is 12.6 Å². The maximum Gasteiger partial charge on any atom is 0.271 e. The number of nitro benzene ring substituents is 1. The van der Waals surface area contributed by atoms with E-state index in [4.69, 9.17) is 11.6 Å². The van der Waals surface area contributed by atoms with E-state index in [-0.39, 0.29) is 41.2 Å². The number of carbonyl (C=O) groups is 2. The number of hydrogen-bond acceptors (Lipinski definition) is 6. The van der Waals surface area contributed by atoms with Crippen LogP contribution in [0.5, 0.6) is 0 Å². The minimum Gasteiger partial charge on any atom is -0.352 e. The van der Waals surface area contributed by atoms with Gasteiger partial charge in [-0.3, -0.25) is 24.0 Å². The van der Waals surface area contributed by atoms with E-state index in [2.05, 4.69) is 5.32 Å². The molecule has 41 heavy (non-hydrogen) atoms. The minimum atomic E-state index is -4.35. The van der Waals surface area contributed by atoms with E-state index in [1.807, 2.05) is 13.8 Å². The first kappa shape index (κ1) is 31.6. The number of carbonyl (C=O) groups excluding carboxylic acids is 2. The number of nitro groups is 1. The molecule has 12 heteroatoms. The molecule has 0 saturated carbocycles. The van der Waals surface area contributed by atoms with Gasteiger partial charge in [-0.15, -0.1) is 0 Å². The number of hydrogen-bond donors (Lipinski definition) is 1. The first-order chi connectivity index (χ1) is 19.5. The van der Waals surface area contributed by atoms with Gasteiger partial charge in [-0.25, -0.2) is 8.42 Å². The molecule has 0 heterocycles. The highest BCUT2D eigenvalue weighted by molar-refractivity contribution is 7.92. The van der Waals surface area contributed by atoms with Crippen LogP contribution in [0.25, 0.3) is 0 Å². The maximum atomic E-state index is 14.1. The van der Waals surface area contributed by atoms with Crippen LogP contribution >= 0.6 is 11.6 Å². The highest BCUT2D eigenvalue weighted by Crippen LogP contribution is 2.28. The zero-order valence-corrected chi connectivity index (χ0v) is 24.6. The number of nitrogens with one attached hydrogen (secondary N) is 1. The lowest BCUT2D eigenvalue weighted by atomic mass is 10.1. The summed E-state index contributed by atoms with van der Waals surface area (Å²) in [5, 5.41) is 14.8. The molecule has 0 aliphatic rings. The van der Waals surface area contributed by atoms with Crippen LogP contribution in [0.2, 0.25) is 5.02 Å². The monoisotopic (exact) mass is 600 g/mol. The van der Waals surface area contributed by atoms with Crippen molar-refractivity contribution in [3.05, 3.63) is 99.6 Å². The molecule has 0 spiro atoms. The van der Waals surface area contributed by atoms with Crippen molar-refractivity contribution in [2.24, 2.45) is 0 Å². The number of amides is 2. The topological polar surface area (TPSA) is 130 Å². The van der Waals surface area contributed by atoms with E-state index in [1.54, 1.807) is 37.3 Å². The van der Waals surface area contributed by atoms with Gasteiger partial charge in [0.05, 0.1) is 15.5 Å². The lowest BCUT2D eigenvalue weighted by Crippen LogP contribution is -2.53. The van der Waals surface area contributed by atoms with Crippen molar-refractivity contribution in [3.63, 3.8) is 0 Å². The lowest BCUT2D eigenvalue weighted by molar-refractivity contribution is -0.384. The summed E-state index contributed by atoms with van der Waals surface area (Å²) in [6, 6.07) is 18.3. The molecule has 2 atom stereocenters. The van der Waals surface area contributed by atoms with Crippen LogP contribution in [-0.4, -0.2) is 48.7 Å². The quantitative estimate of drug-likeness (QED) is 0.213. The van der Waals surface area contributed by atoms with Gasteiger partial charge in [-0.2, -0.15) is 0 Å². The smallest absolute Gasteiger partial charge is 0.271 e. The predicted octanol–water partition coefficient (Wildman–Crippen LogP) is 5.17. The molecular formula is C29H33ClN4O6S. The summed E-state index contributed by atoms with van der Waals surface area (Å²) in [5.74, 6) is -1.06. The van der Waals surface area contributed by atoms with Crippen LogP contribution in [0, 0.1) is 10.1 Å². The second kappa shape index (κ2) is 14.1. The van der Waals surface area contributed by atoms with Crippen molar-refractivity contribution in [3.8, 4) is 0 Å². The zero-order chi connectivity index (χ0) is 30.2. The van der Waals surface area contributed by atoms with Crippen LogP contribution in [0.15, 0.2) is 83.8 Å². The van der Waals surface area contributed by atoms with Crippen LogP contribution in [0.1, 0.15) is 39.2 Å². The van der Waals surface area contributed by atoms with E-state index < -0.39 is 33.4 Å². The largest absolute Gasteiger partial charge is 0.352 e. The van der Waals surface area contributed by atoms with Crippen LogP contribution in [0.3, 0.4) is 0 Å². The Bertz CT molecular complexity index is 1490. The normalized spacial score (nSPS) is 12.7. The van der Waals surface area contributed by atoms with Gasteiger partial charge in [-0.1, -0.05) is 67.9 Å². The second-order valence-corrected chi connectivity index (χ2v) is 11.7. The fourth-order valence-electron chi connectivity index (χ4n) is 4.18. The Balaban J connectivity index is 2.10.